The highest BCUT2D eigenvalue weighted by molar-refractivity contribution is 9.10. The van der Waals surface area contributed by atoms with Gasteiger partial charge < -0.3 is 4.42 Å². The third kappa shape index (κ3) is 2.32. The summed E-state index contributed by atoms with van der Waals surface area (Å²) >= 11 is 3.39. The molecule has 0 aliphatic rings. The van der Waals surface area contributed by atoms with Crippen molar-refractivity contribution in [3.8, 4) is 17.1 Å². The van der Waals surface area contributed by atoms with Crippen molar-refractivity contribution in [2.24, 2.45) is 0 Å². The van der Waals surface area contributed by atoms with Crippen molar-refractivity contribution in [1.82, 2.24) is 9.78 Å². The van der Waals surface area contributed by atoms with Gasteiger partial charge in [-0.1, -0.05) is 15.9 Å². The van der Waals surface area contributed by atoms with E-state index in [0.717, 1.165) is 22.2 Å². The van der Waals surface area contributed by atoms with Crippen molar-refractivity contribution in [2.45, 2.75) is 6.92 Å². The third-order valence-corrected chi connectivity index (χ3v) is 3.46. The molecule has 2 heterocycles. The lowest BCUT2D eigenvalue weighted by atomic mass is 10.2. The lowest BCUT2D eigenvalue weighted by Crippen LogP contribution is -1.94. The summed E-state index contributed by atoms with van der Waals surface area (Å²) in [5, 5.41) is 4.44. The van der Waals surface area contributed by atoms with Crippen molar-refractivity contribution in [1.29, 1.82) is 0 Å². The normalized spacial score (nSPS) is 10.7. The van der Waals surface area contributed by atoms with E-state index in [1.165, 1.54) is 0 Å². The van der Waals surface area contributed by atoms with Crippen molar-refractivity contribution in [3.63, 3.8) is 0 Å². The van der Waals surface area contributed by atoms with Gasteiger partial charge in [0, 0.05) is 10.7 Å². The van der Waals surface area contributed by atoms with E-state index >= 15 is 0 Å². The van der Waals surface area contributed by atoms with Gasteiger partial charge in [-0.3, -0.25) is 4.79 Å². The van der Waals surface area contributed by atoms with Gasteiger partial charge in [-0.15, -0.1) is 0 Å². The van der Waals surface area contributed by atoms with Crippen molar-refractivity contribution in [2.75, 3.05) is 0 Å². The summed E-state index contributed by atoms with van der Waals surface area (Å²) in [7, 11) is 0. The fraction of sp³-hybridized carbons (Fsp3) is 0.0667. The number of benzene rings is 1. The lowest BCUT2D eigenvalue weighted by molar-refractivity contribution is 0.112. The molecule has 0 aliphatic heterocycles. The maximum atomic E-state index is 11.2. The van der Waals surface area contributed by atoms with Crippen molar-refractivity contribution in [3.05, 3.63) is 58.4 Å². The summed E-state index contributed by atoms with van der Waals surface area (Å²) in [5.74, 6) is 1.38. The van der Waals surface area contributed by atoms with E-state index in [9.17, 15) is 4.79 Å². The molecule has 0 aliphatic carbocycles. The maximum Gasteiger partial charge on any atom is 0.155 e. The number of halogens is 1. The minimum absolute atomic E-state index is 0.502. The Hall–Kier alpha value is -2.14. The number of nitrogens with zero attached hydrogens (tertiary/aromatic N) is 2. The van der Waals surface area contributed by atoms with E-state index < -0.39 is 0 Å². The largest absolute Gasteiger partial charge is 0.460 e. The van der Waals surface area contributed by atoms with Crippen LogP contribution in [0.5, 0.6) is 0 Å². The number of carbonyl (C=O) groups excluding carboxylic acids is 1. The molecule has 5 heteroatoms. The van der Waals surface area contributed by atoms with Gasteiger partial charge in [0.25, 0.3) is 0 Å². The summed E-state index contributed by atoms with van der Waals surface area (Å²) in [6.45, 7) is 1.86. The Morgan fingerprint density at radius 2 is 1.95 bits per heavy atom. The quantitative estimate of drug-likeness (QED) is 0.681. The number of aromatic nitrogens is 2. The van der Waals surface area contributed by atoms with Gasteiger partial charge in [-0.2, -0.15) is 5.10 Å². The van der Waals surface area contributed by atoms with Crippen LogP contribution in [0.15, 0.2) is 51.5 Å². The molecule has 0 saturated carbocycles. The number of hydrogen-bond acceptors (Lipinski definition) is 3. The number of furan rings is 1. The number of aldehydes is 1. The second-order valence-electron chi connectivity index (χ2n) is 4.38. The van der Waals surface area contributed by atoms with Crippen LogP contribution in [0.25, 0.3) is 17.1 Å². The standard InChI is InChI=1S/C15H11BrN2O2/c1-10-2-7-14(20-10)15-11(9-19)8-18(17-15)13-5-3-12(16)4-6-13/h2-9H,1H3. The molecule has 0 spiro atoms. The fourth-order valence-electron chi connectivity index (χ4n) is 1.95. The molecule has 20 heavy (non-hydrogen) atoms. The maximum absolute atomic E-state index is 11.2. The minimum atomic E-state index is 0.502. The molecule has 0 bridgehead atoms. The Kier molecular flexibility index (Phi) is 3.28. The molecule has 0 unspecified atom stereocenters. The molecule has 3 rings (SSSR count). The molecule has 0 amide bonds. The van der Waals surface area contributed by atoms with E-state index in [-0.39, 0.29) is 0 Å². The predicted molar refractivity (Wildman–Crippen MR) is 79.1 cm³/mol. The first-order valence-corrected chi connectivity index (χ1v) is 6.84. The topological polar surface area (TPSA) is 48.0 Å². The van der Waals surface area contributed by atoms with Crippen LogP contribution in [-0.4, -0.2) is 16.1 Å². The first-order chi connectivity index (χ1) is 9.67. The second-order valence-corrected chi connectivity index (χ2v) is 5.30. The monoisotopic (exact) mass is 330 g/mol. The van der Waals surface area contributed by atoms with Gasteiger partial charge in [0.2, 0.25) is 0 Å². The van der Waals surface area contributed by atoms with E-state index in [2.05, 4.69) is 21.0 Å². The Morgan fingerprint density at radius 1 is 1.20 bits per heavy atom. The molecular formula is C15H11BrN2O2. The average molecular weight is 331 g/mol. The molecule has 2 aromatic heterocycles. The highest BCUT2D eigenvalue weighted by Crippen LogP contribution is 2.24. The van der Waals surface area contributed by atoms with Gasteiger partial charge in [-0.25, -0.2) is 4.68 Å². The predicted octanol–water partition coefficient (Wildman–Crippen LogP) is 4.02. The SMILES string of the molecule is Cc1ccc(-c2nn(-c3ccc(Br)cc3)cc2C=O)o1. The van der Waals surface area contributed by atoms with Gasteiger partial charge in [0.1, 0.15) is 11.5 Å². The van der Waals surface area contributed by atoms with E-state index in [1.807, 2.05) is 43.3 Å². The van der Waals surface area contributed by atoms with Crippen molar-refractivity contribution < 1.29 is 9.21 Å². The number of rotatable bonds is 3. The fourth-order valence-corrected chi connectivity index (χ4v) is 2.22. The molecule has 0 radical (unpaired) electrons. The van der Waals surface area contributed by atoms with Gasteiger partial charge >= 0.3 is 0 Å². The zero-order valence-electron chi connectivity index (χ0n) is 10.7. The van der Waals surface area contributed by atoms with Crippen LogP contribution >= 0.6 is 15.9 Å². The van der Waals surface area contributed by atoms with Crippen LogP contribution in [0.2, 0.25) is 0 Å². The smallest absolute Gasteiger partial charge is 0.155 e. The van der Waals surface area contributed by atoms with Gasteiger partial charge in [0.15, 0.2) is 12.0 Å². The Bertz CT molecular complexity index is 757. The zero-order chi connectivity index (χ0) is 14.1. The highest BCUT2D eigenvalue weighted by Gasteiger charge is 2.14. The van der Waals surface area contributed by atoms with Crippen molar-refractivity contribution >= 4 is 22.2 Å². The van der Waals surface area contributed by atoms with Gasteiger partial charge in [-0.05, 0) is 43.3 Å². The molecule has 1 aromatic carbocycles. The minimum Gasteiger partial charge on any atom is -0.460 e. The summed E-state index contributed by atoms with van der Waals surface area (Å²) < 4.78 is 8.20. The Morgan fingerprint density at radius 3 is 2.55 bits per heavy atom. The lowest BCUT2D eigenvalue weighted by Gasteiger charge is -2.00. The van der Waals surface area contributed by atoms with Crippen LogP contribution < -0.4 is 0 Å². The van der Waals surface area contributed by atoms with Crippen LogP contribution in [0.4, 0.5) is 0 Å². The van der Waals surface area contributed by atoms with E-state index in [1.54, 1.807) is 10.9 Å². The first-order valence-electron chi connectivity index (χ1n) is 6.05. The molecule has 4 nitrogen and oxygen atoms in total. The van der Waals surface area contributed by atoms with Gasteiger partial charge in [0.05, 0.1) is 11.3 Å². The van der Waals surface area contributed by atoms with Crippen LogP contribution in [0, 0.1) is 6.92 Å². The molecule has 3 aromatic rings. The highest BCUT2D eigenvalue weighted by atomic mass is 79.9. The molecule has 100 valence electrons. The zero-order valence-corrected chi connectivity index (χ0v) is 12.3. The first kappa shape index (κ1) is 12.9. The molecule has 0 fully saturated rings. The average Bonchev–Trinajstić information content (AvgIpc) is 3.05. The Labute approximate surface area is 124 Å². The summed E-state index contributed by atoms with van der Waals surface area (Å²) in [6.07, 6.45) is 2.49. The van der Waals surface area contributed by atoms with Crippen LogP contribution in [-0.2, 0) is 0 Å². The third-order valence-electron chi connectivity index (χ3n) is 2.93. The Balaban J connectivity index is 2.09. The molecular weight excluding hydrogens is 320 g/mol. The second kappa shape index (κ2) is 5.09. The number of aryl methyl sites for hydroxylation is 1. The van der Waals surface area contributed by atoms with E-state index in [4.69, 9.17) is 4.42 Å². The molecule has 0 saturated heterocycles. The molecule has 0 atom stereocenters. The molecule has 0 N–H and O–H groups in total. The summed E-state index contributed by atoms with van der Waals surface area (Å²) in [4.78, 5) is 11.2. The summed E-state index contributed by atoms with van der Waals surface area (Å²) in [6, 6.07) is 11.4. The van der Waals surface area contributed by atoms with Crippen LogP contribution in [0.3, 0.4) is 0 Å². The van der Waals surface area contributed by atoms with E-state index in [0.29, 0.717) is 17.0 Å². The summed E-state index contributed by atoms with van der Waals surface area (Å²) in [5.41, 5.74) is 1.93. The number of hydrogen-bond donors (Lipinski definition) is 0. The number of carbonyl (C=O) groups is 1. The van der Waals surface area contributed by atoms with Crippen LogP contribution in [0.1, 0.15) is 16.1 Å².